The van der Waals surface area contributed by atoms with Gasteiger partial charge in [0, 0.05) is 16.3 Å². The van der Waals surface area contributed by atoms with Crippen LogP contribution in [0.25, 0.3) is 87.6 Å². The molecule has 0 amide bonds. The van der Waals surface area contributed by atoms with Gasteiger partial charge >= 0.3 is 0 Å². The average molecular weight is 554 g/mol. The summed E-state index contributed by atoms with van der Waals surface area (Å²) in [6, 6.07) is 35.5. The topological polar surface area (TPSA) is 13.1 Å². The first kappa shape index (κ1) is 18.0. The Morgan fingerprint density at radius 2 is 1.00 bits per heavy atom. The second-order valence-electron chi connectivity index (χ2n) is 10.7. The largest absolute Gasteiger partial charge is 0.455 e. The van der Waals surface area contributed by atoms with Crippen molar-refractivity contribution in [3.05, 3.63) is 158 Å². The summed E-state index contributed by atoms with van der Waals surface area (Å²) in [5.41, 5.74) is 6.32. The molecule has 1 aromatic heterocycles. The van der Waals surface area contributed by atoms with Crippen molar-refractivity contribution in [2.24, 2.45) is 0 Å². The molecular formula is C42H26O. The summed E-state index contributed by atoms with van der Waals surface area (Å²) >= 11 is 0. The van der Waals surface area contributed by atoms with Gasteiger partial charge in [-0.05, 0) is 66.2 Å². The lowest BCUT2D eigenvalue weighted by molar-refractivity contribution is 0.670. The molecule has 1 heterocycles. The van der Waals surface area contributed by atoms with Crippen molar-refractivity contribution in [1.82, 2.24) is 0 Å². The van der Waals surface area contributed by atoms with E-state index in [9.17, 15) is 1.37 Å². The maximum Gasteiger partial charge on any atom is 0.143 e. The number of rotatable bonds is 3. The standard InChI is InChI=1S/C42H26O/c1-2-13-28(14-3-1)30-22-11-25-37-41-36(24-12-26-38(41)43-42(30)37)40-34-20-8-6-18-32(34)39(33-19-7-9-21-35(33)40)31-23-10-16-27-15-4-5-17-29(27)31/h1-26H/i4D,5D,10D,15D,16D,17D,23D. The molecule has 0 aliphatic rings. The van der Waals surface area contributed by atoms with Crippen molar-refractivity contribution in [2.45, 2.75) is 0 Å². The molecule has 0 radical (unpaired) electrons. The third-order valence-corrected chi connectivity index (χ3v) is 8.37. The van der Waals surface area contributed by atoms with E-state index >= 15 is 0 Å². The van der Waals surface area contributed by atoms with Crippen LogP contribution >= 0.6 is 0 Å². The Hall–Kier alpha value is -5.66. The molecule has 0 aliphatic heterocycles. The highest BCUT2D eigenvalue weighted by Gasteiger charge is 2.21. The Labute approximate surface area is 259 Å². The number of hydrogen-bond donors (Lipinski definition) is 0. The molecule has 0 spiro atoms. The number of furan rings is 1. The quantitative estimate of drug-likeness (QED) is 0.198. The molecule has 1 heteroatoms. The monoisotopic (exact) mass is 553 g/mol. The van der Waals surface area contributed by atoms with Crippen molar-refractivity contribution >= 4 is 54.3 Å². The van der Waals surface area contributed by atoms with E-state index in [1.165, 1.54) is 0 Å². The third kappa shape index (κ3) is 3.58. The first-order valence-electron chi connectivity index (χ1n) is 17.7. The summed E-state index contributed by atoms with van der Waals surface area (Å²) in [6.07, 6.45) is 0. The predicted molar refractivity (Wildman–Crippen MR) is 183 cm³/mol. The molecule has 200 valence electrons. The lowest BCUT2D eigenvalue weighted by Crippen LogP contribution is -1.92. The van der Waals surface area contributed by atoms with Gasteiger partial charge in [-0.15, -0.1) is 0 Å². The van der Waals surface area contributed by atoms with Crippen molar-refractivity contribution < 1.29 is 14.0 Å². The Bertz CT molecular complexity index is 2830. The van der Waals surface area contributed by atoms with E-state index in [1.54, 1.807) is 0 Å². The van der Waals surface area contributed by atoms with Gasteiger partial charge in [-0.3, -0.25) is 0 Å². The van der Waals surface area contributed by atoms with Crippen LogP contribution in [0.3, 0.4) is 0 Å². The van der Waals surface area contributed by atoms with E-state index in [1.807, 2.05) is 84.9 Å². The highest BCUT2D eigenvalue weighted by molar-refractivity contribution is 6.27. The van der Waals surface area contributed by atoms with Crippen LogP contribution < -0.4 is 0 Å². The van der Waals surface area contributed by atoms with E-state index in [4.69, 9.17) is 12.6 Å². The van der Waals surface area contributed by atoms with Gasteiger partial charge in [-0.1, -0.05) is 151 Å². The summed E-state index contributed by atoms with van der Waals surface area (Å²) in [7, 11) is 0. The van der Waals surface area contributed by atoms with Gasteiger partial charge in [0.1, 0.15) is 11.2 Å². The maximum absolute atomic E-state index is 9.21. The molecule has 43 heavy (non-hydrogen) atoms. The zero-order chi connectivity index (χ0) is 34.4. The molecule has 0 unspecified atom stereocenters. The van der Waals surface area contributed by atoms with Crippen LogP contribution in [0.4, 0.5) is 0 Å². The predicted octanol–water partition coefficient (Wildman–Crippen LogP) is 12.0. The van der Waals surface area contributed by atoms with Crippen LogP contribution in [0.15, 0.2) is 162 Å². The zero-order valence-corrected chi connectivity index (χ0v) is 22.9. The minimum absolute atomic E-state index is 0.0620. The Morgan fingerprint density at radius 3 is 1.74 bits per heavy atom. The molecule has 1 nitrogen and oxygen atoms in total. The highest BCUT2D eigenvalue weighted by Crippen LogP contribution is 2.48. The molecule has 0 N–H and O–H groups in total. The van der Waals surface area contributed by atoms with E-state index in [2.05, 4.69) is 30.3 Å². The minimum atomic E-state index is -0.472. The minimum Gasteiger partial charge on any atom is -0.455 e. The van der Waals surface area contributed by atoms with Gasteiger partial charge in [0.25, 0.3) is 0 Å². The Morgan fingerprint density at radius 1 is 0.419 bits per heavy atom. The Balaban J connectivity index is 1.46. The van der Waals surface area contributed by atoms with Gasteiger partial charge in [0.15, 0.2) is 0 Å². The van der Waals surface area contributed by atoms with E-state index in [0.717, 1.165) is 65.7 Å². The lowest BCUT2D eigenvalue weighted by Gasteiger charge is -2.19. The van der Waals surface area contributed by atoms with Gasteiger partial charge in [-0.25, -0.2) is 0 Å². The smallest absolute Gasteiger partial charge is 0.143 e. The van der Waals surface area contributed by atoms with Crippen molar-refractivity contribution in [3.63, 3.8) is 0 Å². The fourth-order valence-corrected chi connectivity index (χ4v) is 6.59. The summed E-state index contributed by atoms with van der Waals surface area (Å²) in [4.78, 5) is 0. The van der Waals surface area contributed by atoms with Crippen LogP contribution in [0.5, 0.6) is 0 Å². The molecule has 8 aromatic carbocycles. The fraction of sp³-hybridized carbons (Fsp3) is 0. The molecule has 9 aromatic rings. The number of para-hydroxylation sites is 1. The Kier molecular flexibility index (Phi) is 3.95. The number of hydrogen-bond acceptors (Lipinski definition) is 1. The number of benzene rings is 8. The molecule has 0 bridgehead atoms. The molecule has 9 rings (SSSR count). The van der Waals surface area contributed by atoms with Crippen LogP contribution in [0.1, 0.15) is 9.60 Å². The fourth-order valence-electron chi connectivity index (χ4n) is 6.59. The zero-order valence-electron chi connectivity index (χ0n) is 29.9. The van der Waals surface area contributed by atoms with E-state index < -0.39 is 18.1 Å². The van der Waals surface area contributed by atoms with Crippen molar-refractivity contribution in [2.75, 3.05) is 0 Å². The van der Waals surface area contributed by atoms with E-state index in [-0.39, 0.29) is 40.5 Å². The second kappa shape index (κ2) is 9.44. The molecular weight excluding hydrogens is 520 g/mol. The lowest BCUT2D eigenvalue weighted by atomic mass is 9.84. The van der Waals surface area contributed by atoms with Crippen LogP contribution in [0.2, 0.25) is 0 Å². The summed E-state index contributed by atoms with van der Waals surface area (Å²) in [5, 5.41) is 5.22. The molecule has 0 saturated carbocycles. The molecule has 0 aliphatic carbocycles. The highest BCUT2D eigenvalue weighted by atomic mass is 16.3. The SMILES string of the molecule is [2H]c1c([2H])c([2H])c2c(-c3c4ccccc4c(-c4cccc5oc6c(-c7ccccc7)cccc6c45)c4ccccc34)c([2H])c([2H])c([2H])c2c1[2H]. The van der Waals surface area contributed by atoms with Gasteiger partial charge in [0.2, 0.25) is 0 Å². The molecule has 0 fully saturated rings. The first-order valence-corrected chi connectivity index (χ1v) is 14.2. The van der Waals surface area contributed by atoms with Crippen molar-refractivity contribution in [1.29, 1.82) is 0 Å². The third-order valence-electron chi connectivity index (χ3n) is 8.37. The molecule has 0 saturated heterocycles. The van der Waals surface area contributed by atoms with E-state index in [0.29, 0.717) is 5.56 Å². The maximum atomic E-state index is 9.21. The second-order valence-corrected chi connectivity index (χ2v) is 10.7. The summed E-state index contributed by atoms with van der Waals surface area (Å²) < 4.78 is 67.8. The average Bonchev–Trinajstić information content (AvgIpc) is 3.54. The molecule has 0 atom stereocenters. The van der Waals surface area contributed by atoms with Crippen molar-refractivity contribution in [3.8, 4) is 33.4 Å². The summed E-state index contributed by atoms with van der Waals surface area (Å²) in [6.45, 7) is 0. The summed E-state index contributed by atoms with van der Waals surface area (Å²) in [5.74, 6) is 0. The van der Waals surface area contributed by atoms with Crippen LogP contribution in [-0.4, -0.2) is 0 Å². The van der Waals surface area contributed by atoms with Gasteiger partial charge in [-0.2, -0.15) is 0 Å². The van der Waals surface area contributed by atoms with Crippen LogP contribution in [0, 0.1) is 0 Å². The first-order chi connectivity index (χ1) is 24.3. The number of fused-ring (bicyclic) bond motifs is 6. The van der Waals surface area contributed by atoms with Gasteiger partial charge < -0.3 is 4.42 Å². The normalized spacial score (nSPS) is 14.0. The van der Waals surface area contributed by atoms with Crippen LogP contribution in [-0.2, 0) is 0 Å². The van der Waals surface area contributed by atoms with Gasteiger partial charge in [0.05, 0.1) is 9.60 Å².